The van der Waals surface area contributed by atoms with Crippen molar-refractivity contribution in [3.05, 3.63) is 28.8 Å². The zero-order valence-corrected chi connectivity index (χ0v) is 8.54. The zero-order chi connectivity index (χ0) is 11.4. The highest BCUT2D eigenvalue weighted by atomic mass is 35.5. The molecule has 80 valence electrons. The van der Waals surface area contributed by atoms with E-state index < -0.39 is 12.1 Å². The van der Waals surface area contributed by atoms with Crippen molar-refractivity contribution in [2.75, 3.05) is 12.4 Å². The number of aromatic carboxylic acids is 1. The SMILES string of the molecule is COC(=O)Nc1c(Cl)cccc1C(=O)O. The van der Waals surface area contributed by atoms with Crippen molar-refractivity contribution in [1.82, 2.24) is 0 Å². The first-order valence-corrected chi connectivity index (χ1v) is 4.31. The summed E-state index contributed by atoms with van der Waals surface area (Å²) in [5.41, 5.74) is -0.0635. The molecule has 0 bridgehead atoms. The molecule has 0 atom stereocenters. The molecule has 6 heteroatoms. The summed E-state index contributed by atoms with van der Waals surface area (Å²) >= 11 is 5.74. The molecule has 1 aromatic carbocycles. The molecule has 2 N–H and O–H groups in total. The van der Waals surface area contributed by atoms with Crippen LogP contribution in [-0.2, 0) is 4.74 Å². The van der Waals surface area contributed by atoms with Gasteiger partial charge in [0.1, 0.15) is 0 Å². The number of ether oxygens (including phenoxy) is 1. The molecule has 0 radical (unpaired) electrons. The molecule has 0 aromatic heterocycles. The number of amides is 1. The number of halogens is 1. The Balaban J connectivity index is 3.13. The van der Waals surface area contributed by atoms with Crippen molar-refractivity contribution in [3.8, 4) is 0 Å². The Kier molecular flexibility index (Phi) is 3.51. The minimum absolute atomic E-state index is 0.0264. The number of para-hydroxylation sites is 1. The number of nitrogens with one attached hydrogen (secondary N) is 1. The van der Waals surface area contributed by atoms with E-state index in [0.29, 0.717) is 0 Å². The molecule has 0 aliphatic carbocycles. The third-order valence-electron chi connectivity index (χ3n) is 1.66. The van der Waals surface area contributed by atoms with Crippen molar-refractivity contribution in [2.45, 2.75) is 0 Å². The van der Waals surface area contributed by atoms with Crippen LogP contribution < -0.4 is 5.32 Å². The van der Waals surface area contributed by atoms with Crippen LogP contribution in [0.1, 0.15) is 10.4 Å². The monoisotopic (exact) mass is 229 g/mol. The number of anilines is 1. The van der Waals surface area contributed by atoms with E-state index in [4.69, 9.17) is 16.7 Å². The Morgan fingerprint density at radius 3 is 2.67 bits per heavy atom. The van der Waals surface area contributed by atoms with Gasteiger partial charge < -0.3 is 9.84 Å². The predicted molar refractivity (Wildman–Crippen MR) is 54.4 cm³/mol. The van der Waals surface area contributed by atoms with E-state index in [1.54, 1.807) is 0 Å². The Bertz CT molecular complexity index is 405. The van der Waals surface area contributed by atoms with E-state index in [1.165, 1.54) is 25.3 Å². The summed E-state index contributed by atoms with van der Waals surface area (Å²) in [7, 11) is 1.17. The Morgan fingerprint density at radius 1 is 1.47 bits per heavy atom. The Morgan fingerprint density at radius 2 is 2.13 bits per heavy atom. The average Bonchev–Trinajstić information content (AvgIpc) is 2.20. The van der Waals surface area contributed by atoms with Gasteiger partial charge in [0.2, 0.25) is 0 Å². The van der Waals surface area contributed by atoms with Crippen LogP contribution >= 0.6 is 11.6 Å². The summed E-state index contributed by atoms with van der Waals surface area (Å²) in [6, 6.07) is 4.28. The molecular weight excluding hydrogens is 222 g/mol. The topological polar surface area (TPSA) is 75.6 Å². The zero-order valence-electron chi connectivity index (χ0n) is 7.78. The molecule has 0 spiro atoms. The molecule has 1 aromatic rings. The summed E-state index contributed by atoms with van der Waals surface area (Å²) in [5.74, 6) is -1.18. The van der Waals surface area contributed by atoms with Crippen molar-refractivity contribution >= 4 is 29.4 Å². The summed E-state index contributed by atoms with van der Waals surface area (Å²) in [6.07, 6.45) is -0.773. The fourth-order valence-corrected chi connectivity index (χ4v) is 1.20. The first-order chi connectivity index (χ1) is 7.06. The van der Waals surface area contributed by atoms with E-state index in [1.807, 2.05) is 0 Å². The maximum Gasteiger partial charge on any atom is 0.411 e. The number of benzene rings is 1. The highest BCUT2D eigenvalue weighted by Crippen LogP contribution is 2.26. The Hall–Kier alpha value is -1.75. The standard InChI is InChI=1S/C9H8ClNO4/c1-15-9(14)11-7-5(8(12)13)3-2-4-6(7)10/h2-4H,1H3,(H,11,14)(H,12,13). The molecular formula is C9H8ClNO4. The van der Waals surface area contributed by atoms with Gasteiger partial charge in [-0.05, 0) is 12.1 Å². The second-order valence-electron chi connectivity index (χ2n) is 2.58. The van der Waals surface area contributed by atoms with Crippen LogP contribution in [0.5, 0.6) is 0 Å². The molecule has 0 aliphatic heterocycles. The van der Waals surface area contributed by atoms with Crippen LogP contribution in [-0.4, -0.2) is 24.3 Å². The fraction of sp³-hybridized carbons (Fsp3) is 0.111. The van der Waals surface area contributed by atoms with Gasteiger partial charge in [-0.2, -0.15) is 0 Å². The summed E-state index contributed by atoms with van der Waals surface area (Å²) < 4.78 is 4.34. The predicted octanol–water partition coefficient (Wildman–Crippen LogP) is 2.22. The van der Waals surface area contributed by atoms with Gasteiger partial charge in [-0.15, -0.1) is 0 Å². The number of rotatable bonds is 2. The van der Waals surface area contributed by atoms with E-state index in [9.17, 15) is 9.59 Å². The van der Waals surface area contributed by atoms with Crippen LogP contribution in [0.2, 0.25) is 5.02 Å². The second-order valence-corrected chi connectivity index (χ2v) is 2.99. The molecule has 0 fully saturated rings. The molecule has 0 heterocycles. The minimum atomic E-state index is -1.18. The summed E-state index contributed by atoms with van der Waals surface area (Å²) in [5, 5.41) is 11.2. The smallest absolute Gasteiger partial charge is 0.411 e. The maximum atomic E-state index is 10.9. The first kappa shape index (κ1) is 11.3. The van der Waals surface area contributed by atoms with Crippen LogP contribution in [0.4, 0.5) is 10.5 Å². The molecule has 15 heavy (non-hydrogen) atoms. The lowest BCUT2D eigenvalue weighted by atomic mass is 10.2. The van der Waals surface area contributed by atoms with Crippen molar-refractivity contribution in [1.29, 1.82) is 0 Å². The van der Waals surface area contributed by atoms with Crippen LogP contribution in [0.3, 0.4) is 0 Å². The average molecular weight is 230 g/mol. The third kappa shape index (κ3) is 2.60. The molecule has 0 unspecified atom stereocenters. The van der Waals surface area contributed by atoms with E-state index in [2.05, 4.69) is 10.1 Å². The molecule has 1 rings (SSSR count). The van der Waals surface area contributed by atoms with Gasteiger partial charge in [0.15, 0.2) is 0 Å². The van der Waals surface area contributed by atoms with Crippen molar-refractivity contribution < 1.29 is 19.4 Å². The molecule has 0 saturated heterocycles. The van der Waals surface area contributed by atoms with Gasteiger partial charge in [0, 0.05) is 0 Å². The van der Waals surface area contributed by atoms with Crippen molar-refractivity contribution in [3.63, 3.8) is 0 Å². The number of hydrogen-bond donors (Lipinski definition) is 2. The van der Waals surface area contributed by atoms with Crippen LogP contribution in [0, 0.1) is 0 Å². The largest absolute Gasteiger partial charge is 0.478 e. The first-order valence-electron chi connectivity index (χ1n) is 3.93. The van der Waals surface area contributed by atoms with E-state index in [-0.39, 0.29) is 16.3 Å². The summed E-state index contributed by atoms with van der Waals surface area (Å²) in [6.45, 7) is 0. The number of carbonyl (C=O) groups is 2. The van der Waals surface area contributed by atoms with Gasteiger partial charge >= 0.3 is 12.1 Å². The van der Waals surface area contributed by atoms with Gasteiger partial charge in [-0.25, -0.2) is 9.59 Å². The van der Waals surface area contributed by atoms with Gasteiger partial charge in [0.25, 0.3) is 0 Å². The minimum Gasteiger partial charge on any atom is -0.478 e. The van der Waals surface area contributed by atoms with Crippen molar-refractivity contribution in [2.24, 2.45) is 0 Å². The lowest BCUT2D eigenvalue weighted by molar-refractivity contribution is 0.0698. The van der Waals surface area contributed by atoms with Crippen LogP contribution in [0.25, 0.3) is 0 Å². The van der Waals surface area contributed by atoms with E-state index in [0.717, 1.165) is 0 Å². The maximum absolute atomic E-state index is 10.9. The number of carboxylic acid groups (broad SMARTS) is 1. The third-order valence-corrected chi connectivity index (χ3v) is 1.97. The van der Waals surface area contributed by atoms with Gasteiger partial charge in [-0.1, -0.05) is 17.7 Å². The number of carbonyl (C=O) groups excluding carboxylic acids is 1. The molecule has 0 saturated carbocycles. The molecule has 0 aliphatic rings. The Labute approximate surface area is 90.6 Å². The highest BCUT2D eigenvalue weighted by Gasteiger charge is 2.15. The van der Waals surface area contributed by atoms with E-state index >= 15 is 0 Å². The van der Waals surface area contributed by atoms with Gasteiger partial charge in [-0.3, -0.25) is 5.32 Å². The highest BCUT2D eigenvalue weighted by molar-refractivity contribution is 6.34. The summed E-state index contributed by atoms with van der Waals surface area (Å²) in [4.78, 5) is 21.7. The van der Waals surface area contributed by atoms with Crippen LogP contribution in [0.15, 0.2) is 18.2 Å². The number of methoxy groups -OCH3 is 1. The van der Waals surface area contributed by atoms with Gasteiger partial charge in [0.05, 0.1) is 23.4 Å². The lowest BCUT2D eigenvalue weighted by Gasteiger charge is -2.08. The fourth-order valence-electron chi connectivity index (χ4n) is 0.982. The lowest BCUT2D eigenvalue weighted by Crippen LogP contribution is -2.14. The molecule has 5 nitrogen and oxygen atoms in total. The second kappa shape index (κ2) is 4.65. The number of carboxylic acids is 1. The normalized spacial score (nSPS) is 9.47. The number of hydrogen-bond acceptors (Lipinski definition) is 3. The quantitative estimate of drug-likeness (QED) is 0.815. The molecule has 1 amide bonds.